The molecule has 0 saturated carbocycles. The number of nitrogens with zero attached hydrogens (tertiary/aromatic N) is 1. The zero-order valence-electron chi connectivity index (χ0n) is 14.1. The molecule has 3 amide bonds. The average molecular weight is 339 g/mol. The Kier molecular flexibility index (Phi) is 4.97. The molecule has 2 N–H and O–H groups in total. The molecular weight excluding hydrogens is 318 g/mol. The molecule has 0 spiro atoms. The third-order valence-corrected chi connectivity index (χ3v) is 4.45. The molecule has 6 heteroatoms. The van der Waals surface area contributed by atoms with Crippen LogP contribution in [0.25, 0.3) is 10.8 Å². The molecule has 1 atom stereocenters. The second kappa shape index (κ2) is 7.34. The van der Waals surface area contributed by atoms with Gasteiger partial charge in [-0.25, -0.2) is 0 Å². The van der Waals surface area contributed by atoms with E-state index in [-0.39, 0.29) is 36.6 Å². The first kappa shape index (κ1) is 17.0. The van der Waals surface area contributed by atoms with Crippen LogP contribution in [-0.2, 0) is 14.4 Å². The molecule has 1 fully saturated rings. The van der Waals surface area contributed by atoms with Gasteiger partial charge in [-0.15, -0.1) is 0 Å². The van der Waals surface area contributed by atoms with E-state index in [1.165, 1.54) is 0 Å². The van der Waals surface area contributed by atoms with E-state index < -0.39 is 0 Å². The van der Waals surface area contributed by atoms with Crippen LogP contribution < -0.4 is 10.6 Å². The summed E-state index contributed by atoms with van der Waals surface area (Å²) in [6, 6.07) is 13.4. The number of carbonyl (C=O) groups excluding carboxylic acids is 3. The van der Waals surface area contributed by atoms with E-state index in [1.54, 1.807) is 4.90 Å². The molecule has 6 nitrogen and oxygen atoms in total. The van der Waals surface area contributed by atoms with Gasteiger partial charge in [0.2, 0.25) is 17.7 Å². The highest BCUT2D eigenvalue weighted by molar-refractivity contribution is 6.03. The van der Waals surface area contributed by atoms with Crippen LogP contribution in [0.4, 0.5) is 5.69 Å². The van der Waals surface area contributed by atoms with Gasteiger partial charge in [0.1, 0.15) is 0 Å². The van der Waals surface area contributed by atoms with Crippen molar-refractivity contribution in [1.82, 2.24) is 10.2 Å². The van der Waals surface area contributed by atoms with Gasteiger partial charge in [-0.05, 0) is 18.4 Å². The maximum Gasteiger partial charge on any atom is 0.243 e. The predicted octanol–water partition coefficient (Wildman–Crippen LogP) is 1.76. The molecule has 0 aliphatic carbocycles. The third-order valence-electron chi connectivity index (χ3n) is 4.45. The Hall–Kier alpha value is -2.89. The Morgan fingerprint density at radius 2 is 1.92 bits per heavy atom. The largest absolute Gasteiger partial charge is 0.347 e. The van der Waals surface area contributed by atoms with Crippen LogP contribution in [-0.4, -0.2) is 42.3 Å². The molecule has 130 valence electrons. The zero-order chi connectivity index (χ0) is 17.8. The summed E-state index contributed by atoms with van der Waals surface area (Å²) in [7, 11) is 0. The van der Waals surface area contributed by atoms with E-state index >= 15 is 0 Å². The highest BCUT2D eigenvalue weighted by atomic mass is 16.2. The summed E-state index contributed by atoms with van der Waals surface area (Å²) in [6.07, 6.45) is 0.213. The van der Waals surface area contributed by atoms with Crippen molar-refractivity contribution in [2.24, 2.45) is 5.92 Å². The number of benzene rings is 2. The molecule has 25 heavy (non-hydrogen) atoms. The minimum Gasteiger partial charge on any atom is -0.347 e. The Balaban J connectivity index is 1.56. The maximum absolute atomic E-state index is 12.2. The van der Waals surface area contributed by atoms with E-state index in [1.807, 2.05) is 49.4 Å². The lowest BCUT2D eigenvalue weighted by atomic mass is 10.1. The van der Waals surface area contributed by atoms with Crippen molar-refractivity contribution in [2.75, 3.05) is 25.0 Å². The Bertz CT molecular complexity index is 813. The average Bonchev–Trinajstić information content (AvgIpc) is 3.01. The lowest BCUT2D eigenvalue weighted by Gasteiger charge is -2.14. The minimum absolute atomic E-state index is 0.0112. The first-order valence-electron chi connectivity index (χ1n) is 8.41. The first-order chi connectivity index (χ1) is 12.1. The second-order valence-electron chi connectivity index (χ2n) is 6.13. The lowest BCUT2D eigenvalue weighted by Crippen LogP contribution is -2.37. The second-order valence-corrected chi connectivity index (χ2v) is 6.13. The topological polar surface area (TPSA) is 78.5 Å². The number of fused-ring (bicyclic) bond motifs is 1. The Morgan fingerprint density at radius 3 is 2.68 bits per heavy atom. The fourth-order valence-electron chi connectivity index (χ4n) is 3.09. The van der Waals surface area contributed by atoms with Crippen LogP contribution in [0.3, 0.4) is 0 Å². The van der Waals surface area contributed by atoms with Crippen molar-refractivity contribution in [1.29, 1.82) is 0 Å². The number of hydrogen-bond acceptors (Lipinski definition) is 3. The Labute approximate surface area is 146 Å². The quantitative estimate of drug-likeness (QED) is 0.871. The van der Waals surface area contributed by atoms with E-state index in [2.05, 4.69) is 10.6 Å². The van der Waals surface area contributed by atoms with Gasteiger partial charge in [-0.2, -0.15) is 0 Å². The van der Waals surface area contributed by atoms with Gasteiger partial charge in [0.25, 0.3) is 0 Å². The minimum atomic E-state index is -0.377. The summed E-state index contributed by atoms with van der Waals surface area (Å²) in [4.78, 5) is 37.7. The molecule has 0 radical (unpaired) electrons. The molecule has 1 saturated heterocycles. The van der Waals surface area contributed by atoms with E-state index in [4.69, 9.17) is 0 Å². The third kappa shape index (κ3) is 3.79. The zero-order valence-corrected chi connectivity index (χ0v) is 14.1. The van der Waals surface area contributed by atoms with Crippen molar-refractivity contribution < 1.29 is 14.4 Å². The summed E-state index contributed by atoms with van der Waals surface area (Å²) in [6.45, 7) is 2.80. The number of hydrogen-bond donors (Lipinski definition) is 2. The normalized spacial score (nSPS) is 16.9. The standard InChI is InChI=1S/C19H21N3O3/c1-2-22-12-14(10-18(22)24)19(25)20-11-17(23)21-16-9-5-7-13-6-3-4-8-15(13)16/h3-9,14H,2,10-12H2,1H3,(H,20,25)(H,21,23)/t14-/m1/s1. The molecule has 1 aliphatic heterocycles. The van der Waals surface area contributed by atoms with Crippen LogP contribution >= 0.6 is 0 Å². The van der Waals surface area contributed by atoms with E-state index in [9.17, 15) is 14.4 Å². The number of rotatable bonds is 5. The summed E-state index contributed by atoms with van der Waals surface area (Å²) < 4.78 is 0. The van der Waals surface area contributed by atoms with Crippen molar-refractivity contribution >= 4 is 34.2 Å². The first-order valence-corrected chi connectivity index (χ1v) is 8.41. The van der Waals surface area contributed by atoms with Crippen molar-refractivity contribution in [3.8, 4) is 0 Å². The van der Waals surface area contributed by atoms with Crippen LogP contribution in [0.1, 0.15) is 13.3 Å². The SMILES string of the molecule is CCN1C[C@H](C(=O)NCC(=O)Nc2cccc3ccccc23)CC1=O. The van der Waals surface area contributed by atoms with Gasteiger partial charge in [0.05, 0.1) is 12.5 Å². The number of carbonyl (C=O) groups is 3. The molecule has 0 bridgehead atoms. The van der Waals surface area contributed by atoms with Crippen LogP contribution in [0.2, 0.25) is 0 Å². The lowest BCUT2D eigenvalue weighted by molar-refractivity contribution is -0.129. The monoisotopic (exact) mass is 339 g/mol. The fraction of sp³-hybridized carbons (Fsp3) is 0.316. The fourth-order valence-corrected chi connectivity index (χ4v) is 3.09. The molecule has 2 aromatic carbocycles. The molecule has 0 unspecified atom stereocenters. The highest BCUT2D eigenvalue weighted by Crippen LogP contribution is 2.22. The van der Waals surface area contributed by atoms with Crippen molar-refractivity contribution in [3.63, 3.8) is 0 Å². The molecule has 1 aliphatic rings. The van der Waals surface area contributed by atoms with E-state index in [0.29, 0.717) is 18.8 Å². The molecule has 2 aromatic rings. The number of likely N-dealkylation sites (tertiary alicyclic amines) is 1. The number of nitrogens with one attached hydrogen (secondary N) is 2. The van der Waals surface area contributed by atoms with Crippen LogP contribution in [0, 0.1) is 5.92 Å². The van der Waals surface area contributed by atoms with Gasteiger partial charge in [-0.3, -0.25) is 14.4 Å². The molecule has 0 aromatic heterocycles. The summed E-state index contributed by atoms with van der Waals surface area (Å²) in [5.74, 6) is -0.931. The number of amides is 3. The van der Waals surface area contributed by atoms with Crippen molar-refractivity contribution in [2.45, 2.75) is 13.3 Å². The van der Waals surface area contributed by atoms with E-state index in [0.717, 1.165) is 10.8 Å². The van der Waals surface area contributed by atoms with Gasteiger partial charge in [-0.1, -0.05) is 36.4 Å². The van der Waals surface area contributed by atoms with Gasteiger partial charge < -0.3 is 15.5 Å². The van der Waals surface area contributed by atoms with Gasteiger partial charge in [0.15, 0.2) is 0 Å². The summed E-state index contributed by atoms with van der Waals surface area (Å²) in [5.41, 5.74) is 0.713. The van der Waals surface area contributed by atoms with Gasteiger partial charge in [0, 0.05) is 30.6 Å². The van der Waals surface area contributed by atoms with Gasteiger partial charge >= 0.3 is 0 Å². The van der Waals surface area contributed by atoms with Crippen LogP contribution in [0.5, 0.6) is 0 Å². The number of anilines is 1. The highest BCUT2D eigenvalue weighted by Gasteiger charge is 2.33. The molecule has 3 rings (SSSR count). The predicted molar refractivity (Wildman–Crippen MR) is 95.9 cm³/mol. The Morgan fingerprint density at radius 1 is 1.16 bits per heavy atom. The van der Waals surface area contributed by atoms with Crippen molar-refractivity contribution in [3.05, 3.63) is 42.5 Å². The summed E-state index contributed by atoms with van der Waals surface area (Å²) >= 11 is 0. The molecule has 1 heterocycles. The summed E-state index contributed by atoms with van der Waals surface area (Å²) in [5, 5.41) is 7.44. The van der Waals surface area contributed by atoms with Crippen LogP contribution in [0.15, 0.2) is 42.5 Å². The maximum atomic E-state index is 12.2. The molecular formula is C19H21N3O3. The smallest absolute Gasteiger partial charge is 0.243 e.